The highest BCUT2D eigenvalue weighted by atomic mass is 19.2. The molecule has 2 nitrogen and oxygen atoms in total. The molecule has 5 rings (SSSR count). The first-order valence-electron chi connectivity index (χ1n) is 15.8. The number of benzene rings is 3. The first kappa shape index (κ1) is 32.4. The van der Waals surface area contributed by atoms with Gasteiger partial charge in [-0.1, -0.05) is 43.7 Å². The third-order valence-corrected chi connectivity index (χ3v) is 9.53. The Morgan fingerprint density at radius 1 is 0.591 bits per heavy atom. The fourth-order valence-corrected chi connectivity index (χ4v) is 6.77. The molecule has 3 aromatic carbocycles. The molecular formula is C36H40F6O2. The SMILES string of the molecule is CCCCOc1ccc(C2CCC(c3ccc(COC4CCC(c5ccc(C)c(F)c5F)CC4)c(F)c3F)CC2)c(F)c1F. The molecule has 0 aromatic heterocycles. The van der Waals surface area contributed by atoms with E-state index >= 15 is 8.78 Å². The number of hydrogen-bond donors (Lipinski definition) is 0. The molecule has 0 unspecified atom stereocenters. The second kappa shape index (κ2) is 14.4. The van der Waals surface area contributed by atoms with Crippen molar-refractivity contribution in [2.75, 3.05) is 6.61 Å². The fraction of sp³-hybridized carbons (Fsp3) is 0.500. The first-order chi connectivity index (χ1) is 21.2. The van der Waals surface area contributed by atoms with Crippen LogP contribution in [0.1, 0.15) is 117 Å². The van der Waals surface area contributed by atoms with E-state index < -0.39 is 34.9 Å². The van der Waals surface area contributed by atoms with Gasteiger partial charge in [-0.05, 0) is 111 Å². The monoisotopic (exact) mass is 618 g/mol. The Balaban J connectivity index is 1.14. The molecule has 0 saturated heterocycles. The van der Waals surface area contributed by atoms with Crippen molar-refractivity contribution >= 4 is 0 Å². The Kier molecular flexibility index (Phi) is 10.6. The van der Waals surface area contributed by atoms with Gasteiger partial charge in [-0.15, -0.1) is 0 Å². The van der Waals surface area contributed by atoms with E-state index in [-0.39, 0.29) is 47.3 Å². The van der Waals surface area contributed by atoms with Gasteiger partial charge in [-0.3, -0.25) is 0 Å². The molecule has 238 valence electrons. The topological polar surface area (TPSA) is 18.5 Å². The third kappa shape index (κ3) is 6.95. The Labute approximate surface area is 255 Å². The molecular weight excluding hydrogens is 578 g/mol. The molecule has 0 N–H and O–H groups in total. The summed E-state index contributed by atoms with van der Waals surface area (Å²) in [5.74, 6) is -5.90. The highest BCUT2D eigenvalue weighted by Crippen LogP contribution is 2.43. The highest BCUT2D eigenvalue weighted by molar-refractivity contribution is 5.35. The molecule has 8 heteroatoms. The van der Waals surface area contributed by atoms with Gasteiger partial charge in [0, 0.05) is 5.56 Å². The van der Waals surface area contributed by atoms with Crippen molar-refractivity contribution in [3.8, 4) is 5.75 Å². The standard InChI is InChI=1S/C36H40F6O2/c1-3-4-19-43-30-18-17-29(35(41)36(30)42)23-8-6-22(7-9-23)28-16-12-25(32(38)34(28)40)20-44-26-13-10-24(11-14-26)27-15-5-21(2)31(37)33(27)39/h5,12,15-18,22-24,26H,3-4,6-11,13-14,19-20H2,1-2H3. The predicted octanol–water partition coefficient (Wildman–Crippen LogP) is 10.7. The van der Waals surface area contributed by atoms with Crippen LogP contribution >= 0.6 is 0 Å². The van der Waals surface area contributed by atoms with Crippen LogP contribution in [0.2, 0.25) is 0 Å². The van der Waals surface area contributed by atoms with Gasteiger partial charge in [-0.25, -0.2) is 22.0 Å². The van der Waals surface area contributed by atoms with Gasteiger partial charge >= 0.3 is 0 Å². The van der Waals surface area contributed by atoms with E-state index in [0.29, 0.717) is 74.7 Å². The Morgan fingerprint density at radius 3 is 1.68 bits per heavy atom. The van der Waals surface area contributed by atoms with Crippen LogP contribution in [0.4, 0.5) is 26.3 Å². The third-order valence-electron chi connectivity index (χ3n) is 9.53. The Hall–Kier alpha value is -3.00. The average molecular weight is 619 g/mol. The number of ether oxygens (including phenoxy) is 2. The van der Waals surface area contributed by atoms with Crippen molar-refractivity contribution in [2.24, 2.45) is 0 Å². The minimum absolute atomic E-state index is 0.0817. The summed E-state index contributed by atoms with van der Waals surface area (Å²) >= 11 is 0. The van der Waals surface area contributed by atoms with Crippen molar-refractivity contribution in [2.45, 2.75) is 109 Å². The van der Waals surface area contributed by atoms with Crippen molar-refractivity contribution in [3.63, 3.8) is 0 Å². The summed E-state index contributed by atoms with van der Waals surface area (Å²) in [6.07, 6.45) is 6.06. The van der Waals surface area contributed by atoms with E-state index in [1.807, 2.05) is 6.92 Å². The summed E-state index contributed by atoms with van der Waals surface area (Å²) in [6, 6.07) is 9.45. The van der Waals surface area contributed by atoms with Gasteiger partial charge in [0.05, 0.1) is 19.3 Å². The molecule has 0 amide bonds. The number of unbranched alkanes of at least 4 members (excludes halogenated alkanes) is 1. The van der Waals surface area contributed by atoms with Crippen LogP contribution in [-0.2, 0) is 11.3 Å². The Morgan fingerprint density at radius 2 is 1.09 bits per heavy atom. The zero-order valence-electron chi connectivity index (χ0n) is 25.3. The van der Waals surface area contributed by atoms with Crippen LogP contribution in [0.3, 0.4) is 0 Å². The van der Waals surface area contributed by atoms with Gasteiger partial charge in [0.15, 0.2) is 34.8 Å². The summed E-state index contributed by atoms with van der Waals surface area (Å²) in [5.41, 5.74) is 1.38. The van der Waals surface area contributed by atoms with E-state index in [1.54, 1.807) is 30.3 Å². The molecule has 0 aliphatic heterocycles. The number of aryl methyl sites for hydroxylation is 1. The van der Waals surface area contributed by atoms with E-state index in [4.69, 9.17) is 9.47 Å². The minimum Gasteiger partial charge on any atom is -0.490 e. The molecule has 2 fully saturated rings. The smallest absolute Gasteiger partial charge is 0.200 e. The maximum absolute atomic E-state index is 15.2. The molecule has 2 aliphatic carbocycles. The van der Waals surface area contributed by atoms with Crippen molar-refractivity contribution in [3.05, 3.63) is 99.1 Å². The molecule has 0 spiro atoms. The van der Waals surface area contributed by atoms with Crippen LogP contribution in [0.25, 0.3) is 0 Å². The lowest BCUT2D eigenvalue weighted by atomic mass is 9.75. The second-order valence-corrected chi connectivity index (χ2v) is 12.4. The van der Waals surface area contributed by atoms with E-state index in [1.165, 1.54) is 13.0 Å². The zero-order chi connectivity index (χ0) is 31.4. The van der Waals surface area contributed by atoms with Crippen LogP contribution in [0.15, 0.2) is 36.4 Å². The fourth-order valence-electron chi connectivity index (χ4n) is 6.77. The van der Waals surface area contributed by atoms with Gasteiger partial charge in [0.1, 0.15) is 0 Å². The summed E-state index contributed by atoms with van der Waals surface area (Å²) in [6.45, 7) is 3.76. The average Bonchev–Trinajstić information content (AvgIpc) is 3.03. The number of rotatable bonds is 10. The van der Waals surface area contributed by atoms with Gasteiger partial charge in [-0.2, -0.15) is 4.39 Å². The van der Waals surface area contributed by atoms with Crippen molar-refractivity contribution in [1.82, 2.24) is 0 Å². The largest absolute Gasteiger partial charge is 0.490 e. The first-order valence-corrected chi connectivity index (χ1v) is 15.8. The number of hydrogen-bond acceptors (Lipinski definition) is 2. The van der Waals surface area contributed by atoms with Crippen LogP contribution in [0.5, 0.6) is 5.75 Å². The molecule has 0 heterocycles. The molecule has 0 bridgehead atoms. The molecule has 3 aromatic rings. The summed E-state index contributed by atoms with van der Waals surface area (Å²) < 4.78 is 99.6. The molecule has 0 atom stereocenters. The van der Waals surface area contributed by atoms with Crippen molar-refractivity contribution < 1.29 is 35.8 Å². The summed E-state index contributed by atoms with van der Waals surface area (Å²) in [7, 11) is 0. The molecule has 2 saturated carbocycles. The van der Waals surface area contributed by atoms with E-state index in [9.17, 15) is 17.6 Å². The second-order valence-electron chi connectivity index (χ2n) is 12.4. The summed E-state index contributed by atoms with van der Waals surface area (Å²) in [5, 5.41) is 0. The maximum Gasteiger partial charge on any atom is 0.200 e. The predicted molar refractivity (Wildman–Crippen MR) is 158 cm³/mol. The van der Waals surface area contributed by atoms with Crippen LogP contribution in [0, 0.1) is 41.8 Å². The molecule has 44 heavy (non-hydrogen) atoms. The normalized spacial score (nSPS) is 22.3. The number of halogens is 6. The lowest BCUT2D eigenvalue weighted by molar-refractivity contribution is 0.0116. The van der Waals surface area contributed by atoms with Gasteiger partial charge < -0.3 is 9.47 Å². The van der Waals surface area contributed by atoms with Gasteiger partial charge in [0.2, 0.25) is 5.82 Å². The minimum atomic E-state index is -0.977. The Bertz CT molecular complexity index is 1440. The molecule has 0 radical (unpaired) electrons. The van der Waals surface area contributed by atoms with Crippen LogP contribution in [-0.4, -0.2) is 12.7 Å². The zero-order valence-corrected chi connectivity index (χ0v) is 25.3. The molecule has 2 aliphatic rings. The summed E-state index contributed by atoms with van der Waals surface area (Å²) in [4.78, 5) is 0. The quantitative estimate of drug-likeness (QED) is 0.166. The lowest BCUT2D eigenvalue weighted by Crippen LogP contribution is -2.22. The van der Waals surface area contributed by atoms with E-state index in [0.717, 1.165) is 12.8 Å². The maximum atomic E-state index is 15.2. The van der Waals surface area contributed by atoms with Crippen molar-refractivity contribution in [1.29, 1.82) is 0 Å². The lowest BCUT2D eigenvalue weighted by Gasteiger charge is -2.30. The van der Waals surface area contributed by atoms with Gasteiger partial charge in [0.25, 0.3) is 0 Å². The van der Waals surface area contributed by atoms with E-state index in [2.05, 4.69) is 0 Å². The highest BCUT2D eigenvalue weighted by Gasteiger charge is 2.30. The van der Waals surface area contributed by atoms with Crippen LogP contribution < -0.4 is 4.74 Å².